The van der Waals surface area contributed by atoms with Crippen molar-refractivity contribution in [2.45, 2.75) is 29.6 Å². The molecule has 1 aliphatic carbocycles. The highest BCUT2D eigenvalue weighted by Gasteiger charge is 2.38. The minimum atomic E-state index is -3.67. The fourth-order valence-corrected chi connectivity index (χ4v) is 4.47. The van der Waals surface area contributed by atoms with Crippen LogP contribution >= 0.6 is 11.6 Å². The molecule has 2 aromatic rings. The van der Waals surface area contributed by atoms with Crippen LogP contribution in [0.5, 0.6) is 0 Å². The molecule has 0 heterocycles. The molecule has 0 saturated heterocycles. The summed E-state index contributed by atoms with van der Waals surface area (Å²) < 4.78 is 24.7. The monoisotopic (exact) mass is 377 g/mol. The lowest BCUT2D eigenvalue weighted by Crippen LogP contribution is -2.46. The molecule has 0 atom stereocenters. The number of rotatable bonds is 6. The predicted molar refractivity (Wildman–Crippen MR) is 98.5 cm³/mol. The van der Waals surface area contributed by atoms with Crippen LogP contribution in [0.2, 0.25) is 5.02 Å². The lowest BCUT2D eigenvalue weighted by Gasteiger charge is -2.42. The third-order valence-corrected chi connectivity index (χ3v) is 6.70. The molecule has 6 heteroatoms. The van der Waals surface area contributed by atoms with Gasteiger partial charge in [0, 0.05) is 17.0 Å². The fraction of sp³-hybridized carbons (Fsp3) is 0.316. The Morgan fingerprint density at radius 2 is 1.68 bits per heavy atom. The van der Waals surface area contributed by atoms with Crippen molar-refractivity contribution >= 4 is 27.3 Å². The van der Waals surface area contributed by atoms with Gasteiger partial charge in [-0.2, -0.15) is 0 Å². The van der Waals surface area contributed by atoms with Crippen LogP contribution in [0, 0.1) is 0 Å². The predicted octanol–water partition coefficient (Wildman–Crippen LogP) is 3.35. The molecule has 4 nitrogen and oxygen atoms in total. The van der Waals surface area contributed by atoms with Crippen molar-refractivity contribution in [3.05, 3.63) is 65.2 Å². The van der Waals surface area contributed by atoms with Crippen LogP contribution in [0.4, 0.5) is 0 Å². The van der Waals surface area contributed by atoms with Gasteiger partial charge in [-0.25, -0.2) is 8.42 Å². The molecule has 0 unspecified atom stereocenters. The molecular weight excluding hydrogens is 358 g/mol. The second kappa shape index (κ2) is 7.18. The SMILES string of the molecule is O=C(CS(=O)(=O)c1ccc(Cl)cc1)NCC1(c2ccccc2)CCC1. The van der Waals surface area contributed by atoms with Crippen molar-refractivity contribution in [3.63, 3.8) is 0 Å². The number of carbonyl (C=O) groups excluding carboxylic acids is 1. The summed E-state index contributed by atoms with van der Waals surface area (Å²) in [5, 5.41) is 3.27. The van der Waals surface area contributed by atoms with Crippen LogP contribution in [0.25, 0.3) is 0 Å². The van der Waals surface area contributed by atoms with E-state index >= 15 is 0 Å². The van der Waals surface area contributed by atoms with Crippen LogP contribution in [0.3, 0.4) is 0 Å². The second-order valence-corrected chi connectivity index (χ2v) is 8.92. The standard InChI is InChI=1S/C19H20ClNO3S/c20-16-7-9-17(10-8-16)25(23,24)13-18(22)21-14-19(11-4-12-19)15-5-2-1-3-6-15/h1-3,5-10H,4,11-14H2,(H,21,22). The van der Waals surface area contributed by atoms with Gasteiger partial charge in [0.05, 0.1) is 4.90 Å². The van der Waals surface area contributed by atoms with Gasteiger partial charge in [0.1, 0.15) is 5.75 Å². The van der Waals surface area contributed by atoms with Crippen LogP contribution in [0.1, 0.15) is 24.8 Å². The van der Waals surface area contributed by atoms with Gasteiger partial charge in [0.2, 0.25) is 5.91 Å². The summed E-state index contributed by atoms with van der Waals surface area (Å²) in [4.78, 5) is 12.3. The quantitative estimate of drug-likeness (QED) is 0.839. The van der Waals surface area contributed by atoms with Gasteiger partial charge in [-0.05, 0) is 42.7 Å². The summed E-state index contributed by atoms with van der Waals surface area (Å²) >= 11 is 5.77. The van der Waals surface area contributed by atoms with E-state index in [4.69, 9.17) is 11.6 Å². The summed E-state index contributed by atoms with van der Waals surface area (Å²) in [5.74, 6) is -1.03. The molecule has 1 fully saturated rings. The van der Waals surface area contributed by atoms with Crippen LogP contribution in [0.15, 0.2) is 59.5 Å². The average molecular weight is 378 g/mol. The van der Waals surface area contributed by atoms with Crippen molar-refractivity contribution in [2.24, 2.45) is 0 Å². The van der Waals surface area contributed by atoms with Gasteiger partial charge >= 0.3 is 0 Å². The first-order chi connectivity index (χ1) is 11.9. The van der Waals surface area contributed by atoms with E-state index in [1.165, 1.54) is 29.8 Å². The zero-order chi connectivity index (χ0) is 17.9. The second-order valence-electron chi connectivity index (χ2n) is 6.49. The number of amides is 1. The number of halogens is 1. The molecule has 2 aromatic carbocycles. The maximum Gasteiger partial charge on any atom is 0.235 e. The summed E-state index contributed by atoms with van der Waals surface area (Å²) in [6.45, 7) is 0.464. The zero-order valence-corrected chi connectivity index (χ0v) is 15.3. The minimum Gasteiger partial charge on any atom is -0.354 e. The van der Waals surface area contributed by atoms with Crippen molar-refractivity contribution in [3.8, 4) is 0 Å². The molecular formula is C19H20ClNO3S. The molecule has 0 radical (unpaired) electrons. The highest BCUT2D eigenvalue weighted by molar-refractivity contribution is 7.92. The maximum atomic E-state index is 12.3. The molecule has 0 bridgehead atoms. The van der Waals surface area contributed by atoms with Gasteiger partial charge in [0.15, 0.2) is 9.84 Å². The number of hydrogen-bond donors (Lipinski definition) is 1. The molecule has 1 N–H and O–H groups in total. The topological polar surface area (TPSA) is 63.2 Å². The molecule has 1 saturated carbocycles. The summed E-state index contributed by atoms with van der Waals surface area (Å²) in [7, 11) is -3.67. The van der Waals surface area contributed by atoms with Gasteiger partial charge in [0.25, 0.3) is 0 Å². The zero-order valence-electron chi connectivity index (χ0n) is 13.7. The van der Waals surface area contributed by atoms with E-state index in [9.17, 15) is 13.2 Å². The lowest BCUT2D eigenvalue weighted by atomic mass is 9.64. The van der Waals surface area contributed by atoms with Gasteiger partial charge in [-0.1, -0.05) is 48.4 Å². The van der Waals surface area contributed by atoms with E-state index < -0.39 is 21.5 Å². The molecule has 0 aliphatic heterocycles. The largest absolute Gasteiger partial charge is 0.354 e. The number of nitrogens with one attached hydrogen (secondary N) is 1. The normalized spacial score (nSPS) is 16.0. The van der Waals surface area contributed by atoms with Gasteiger partial charge in [-0.3, -0.25) is 4.79 Å². The van der Waals surface area contributed by atoms with E-state index in [1.54, 1.807) is 0 Å². The Morgan fingerprint density at radius 3 is 2.24 bits per heavy atom. The van der Waals surface area contributed by atoms with E-state index in [-0.39, 0.29) is 10.3 Å². The molecule has 0 aromatic heterocycles. The van der Waals surface area contributed by atoms with E-state index in [0.717, 1.165) is 19.3 Å². The van der Waals surface area contributed by atoms with Crippen molar-refractivity contribution in [1.29, 1.82) is 0 Å². The lowest BCUT2D eigenvalue weighted by molar-refractivity contribution is -0.119. The molecule has 1 amide bonds. The number of hydrogen-bond acceptors (Lipinski definition) is 3. The van der Waals surface area contributed by atoms with Crippen molar-refractivity contribution in [2.75, 3.05) is 12.3 Å². The molecule has 0 spiro atoms. The highest BCUT2D eigenvalue weighted by Crippen LogP contribution is 2.43. The van der Waals surface area contributed by atoms with E-state index in [2.05, 4.69) is 17.4 Å². The highest BCUT2D eigenvalue weighted by atomic mass is 35.5. The first-order valence-corrected chi connectivity index (χ1v) is 10.2. The summed E-state index contributed by atoms with van der Waals surface area (Å²) in [6, 6.07) is 15.9. The van der Waals surface area contributed by atoms with E-state index in [0.29, 0.717) is 11.6 Å². The molecule has 25 heavy (non-hydrogen) atoms. The third kappa shape index (κ3) is 4.05. The van der Waals surface area contributed by atoms with Crippen LogP contribution < -0.4 is 5.32 Å². The smallest absolute Gasteiger partial charge is 0.235 e. The van der Waals surface area contributed by atoms with Gasteiger partial charge < -0.3 is 5.32 Å². The Labute approximate surface area is 153 Å². The minimum absolute atomic E-state index is 0.0685. The van der Waals surface area contributed by atoms with Crippen molar-refractivity contribution < 1.29 is 13.2 Å². The Morgan fingerprint density at radius 1 is 1.04 bits per heavy atom. The molecule has 132 valence electrons. The Kier molecular flexibility index (Phi) is 5.16. The molecule has 3 rings (SSSR count). The Hall–Kier alpha value is -1.85. The van der Waals surface area contributed by atoms with Crippen LogP contribution in [-0.2, 0) is 20.0 Å². The van der Waals surface area contributed by atoms with E-state index in [1.807, 2.05) is 18.2 Å². The van der Waals surface area contributed by atoms with Gasteiger partial charge in [-0.15, -0.1) is 0 Å². The average Bonchev–Trinajstić information content (AvgIpc) is 2.55. The number of carbonyl (C=O) groups is 1. The van der Waals surface area contributed by atoms with Crippen molar-refractivity contribution in [1.82, 2.24) is 5.32 Å². The third-order valence-electron chi connectivity index (χ3n) is 4.81. The maximum absolute atomic E-state index is 12.3. The number of benzene rings is 2. The Bertz CT molecular complexity index is 844. The first-order valence-electron chi connectivity index (χ1n) is 8.22. The fourth-order valence-electron chi connectivity index (χ4n) is 3.18. The Balaban J connectivity index is 1.64. The molecule has 1 aliphatic rings. The summed E-state index contributed by atoms with van der Waals surface area (Å²) in [5.41, 5.74) is 1.13. The first kappa shape index (κ1) is 18.0. The number of sulfone groups is 1. The van der Waals surface area contributed by atoms with Crippen LogP contribution in [-0.4, -0.2) is 26.6 Å². The summed E-state index contributed by atoms with van der Waals surface area (Å²) in [6.07, 6.45) is 3.12.